The summed E-state index contributed by atoms with van der Waals surface area (Å²) in [6.45, 7) is 5.54. The predicted octanol–water partition coefficient (Wildman–Crippen LogP) is 1.03. The Morgan fingerprint density at radius 1 is 1.26 bits per heavy atom. The van der Waals surface area contributed by atoms with E-state index in [-0.39, 0.29) is 42.5 Å². The average molecular weight is 545 g/mol. The molecule has 0 radical (unpaired) electrons. The number of ether oxygens (including phenoxy) is 1. The Morgan fingerprint density at radius 2 is 2.03 bits per heavy atom. The number of likely N-dealkylation sites (tertiary alicyclic amines) is 1. The van der Waals surface area contributed by atoms with E-state index in [9.17, 15) is 9.90 Å². The van der Waals surface area contributed by atoms with Gasteiger partial charge in [0.2, 0.25) is 5.91 Å². The van der Waals surface area contributed by atoms with Gasteiger partial charge in [-0.1, -0.05) is 24.3 Å². The quantitative estimate of drug-likeness (QED) is 0.257. The second-order valence-corrected chi connectivity index (χ2v) is 8.36. The van der Waals surface area contributed by atoms with Crippen molar-refractivity contribution in [2.75, 3.05) is 53.5 Å². The van der Waals surface area contributed by atoms with Crippen LogP contribution in [0.3, 0.4) is 0 Å². The summed E-state index contributed by atoms with van der Waals surface area (Å²) < 4.78 is 5.45. The first kappa shape index (κ1) is 25.8. The Labute approximate surface area is 202 Å². The molecule has 0 aliphatic carbocycles. The number of carbonyl (C=O) groups is 1. The van der Waals surface area contributed by atoms with Crippen molar-refractivity contribution in [3.8, 4) is 0 Å². The van der Waals surface area contributed by atoms with E-state index in [0.717, 1.165) is 57.8 Å². The van der Waals surface area contributed by atoms with Crippen LogP contribution < -0.4 is 10.6 Å². The van der Waals surface area contributed by atoms with Crippen LogP contribution in [-0.2, 0) is 22.6 Å². The number of likely N-dealkylation sites (N-methyl/N-ethyl adjacent to an activating group) is 1. The van der Waals surface area contributed by atoms with Crippen LogP contribution in [0.2, 0.25) is 0 Å². The maximum Gasteiger partial charge on any atom is 0.241 e. The molecule has 31 heavy (non-hydrogen) atoms. The summed E-state index contributed by atoms with van der Waals surface area (Å²) in [6, 6.07) is 8.29. The third-order valence-corrected chi connectivity index (χ3v) is 5.66. The number of halogens is 1. The molecule has 174 valence electrons. The van der Waals surface area contributed by atoms with Gasteiger partial charge in [-0.2, -0.15) is 0 Å². The fraction of sp³-hybridized carbons (Fsp3) is 0.636. The number of hydrogen-bond acceptors (Lipinski definition) is 5. The van der Waals surface area contributed by atoms with Crippen molar-refractivity contribution in [2.24, 2.45) is 10.9 Å². The highest BCUT2D eigenvalue weighted by molar-refractivity contribution is 14.0. The summed E-state index contributed by atoms with van der Waals surface area (Å²) in [5.41, 5.74) is 2.38. The molecule has 0 bridgehead atoms. The number of nitrogens with zero attached hydrogens (tertiary/aromatic N) is 3. The van der Waals surface area contributed by atoms with Crippen LogP contribution in [0.25, 0.3) is 0 Å². The van der Waals surface area contributed by atoms with E-state index >= 15 is 0 Å². The van der Waals surface area contributed by atoms with E-state index in [0.29, 0.717) is 18.4 Å². The minimum atomic E-state index is -0.219. The number of rotatable bonds is 8. The summed E-state index contributed by atoms with van der Waals surface area (Å²) in [7, 11) is 3.49. The molecule has 1 aromatic rings. The number of nitrogens with one attached hydrogen (secondary N) is 2. The molecule has 2 unspecified atom stereocenters. The molecule has 0 saturated carbocycles. The first-order valence-electron chi connectivity index (χ1n) is 10.8. The highest BCUT2D eigenvalue weighted by Crippen LogP contribution is 2.17. The molecule has 3 rings (SSSR count). The lowest BCUT2D eigenvalue weighted by molar-refractivity contribution is -0.127. The van der Waals surface area contributed by atoms with Gasteiger partial charge in [-0.05, 0) is 24.0 Å². The molecule has 2 saturated heterocycles. The van der Waals surface area contributed by atoms with E-state index in [4.69, 9.17) is 9.73 Å². The van der Waals surface area contributed by atoms with E-state index in [1.54, 1.807) is 19.0 Å². The zero-order valence-corrected chi connectivity index (χ0v) is 20.9. The van der Waals surface area contributed by atoms with Crippen LogP contribution in [0.15, 0.2) is 29.3 Å². The highest BCUT2D eigenvalue weighted by Gasteiger charge is 2.21. The fourth-order valence-corrected chi connectivity index (χ4v) is 3.70. The van der Waals surface area contributed by atoms with Crippen LogP contribution in [-0.4, -0.2) is 86.4 Å². The Hall–Kier alpha value is -1.43. The van der Waals surface area contributed by atoms with Crippen LogP contribution in [0.5, 0.6) is 0 Å². The Bertz CT molecular complexity index is 725. The highest BCUT2D eigenvalue weighted by atomic mass is 127. The Balaban J connectivity index is 0.00000341. The molecule has 2 heterocycles. The molecular weight excluding hydrogens is 509 g/mol. The second-order valence-electron chi connectivity index (χ2n) is 8.36. The van der Waals surface area contributed by atoms with Gasteiger partial charge in [-0.3, -0.25) is 9.69 Å². The summed E-state index contributed by atoms with van der Waals surface area (Å²) in [5.74, 6) is 1.11. The van der Waals surface area contributed by atoms with E-state index in [2.05, 4.69) is 27.7 Å². The summed E-state index contributed by atoms with van der Waals surface area (Å²) in [6.07, 6.45) is 1.66. The average Bonchev–Trinajstić information content (AvgIpc) is 3.39. The predicted molar refractivity (Wildman–Crippen MR) is 133 cm³/mol. The number of aliphatic hydroxyl groups excluding tert-OH is 1. The summed E-state index contributed by atoms with van der Waals surface area (Å²) in [5, 5.41) is 16.3. The number of aliphatic hydroxyl groups is 1. The first-order chi connectivity index (χ1) is 14.5. The molecule has 8 nitrogen and oxygen atoms in total. The second kappa shape index (κ2) is 13.2. The van der Waals surface area contributed by atoms with Gasteiger partial charge in [0, 0.05) is 52.8 Å². The smallest absolute Gasteiger partial charge is 0.241 e. The van der Waals surface area contributed by atoms with Gasteiger partial charge in [0.1, 0.15) is 0 Å². The van der Waals surface area contributed by atoms with Crippen molar-refractivity contribution in [3.63, 3.8) is 0 Å². The number of amides is 1. The molecule has 1 aromatic carbocycles. The van der Waals surface area contributed by atoms with Crippen molar-refractivity contribution in [2.45, 2.75) is 32.0 Å². The van der Waals surface area contributed by atoms with E-state index in [1.807, 2.05) is 12.1 Å². The molecule has 0 spiro atoms. The number of hydrogen-bond donors (Lipinski definition) is 3. The number of guanidine groups is 1. The molecule has 0 aromatic heterocycles. The normalized spacial score (nSPS) is 21.6. The number of β-amino-alcohol motifs (C(OH)–C–C–N with tert-alkyl or cyclic N) is 1. The monoisotopic (exact) mass is 545 g/mol. The zero-order chi connectivity index (χ0) is 21.3. The van der Waals surface area contributed by atoms with E-state index < -0.39 is 0 Å². The minimum absolute atomic E-state index is 0. The minimum Gasteiger partial charge on any atom is -0.392 e. The van der Waals surface area contributed by atoms with Crippen molar-refractivity contribution in [3.05, 3.63) is 35.4 Å². The maximum absolute atomic E-state index is 12.0. The van der Waals surface area contributed by atoms with Crippen molar-refractivity contribution in [1.82, 2.24) is 20.4 Å². The lowest BCUT2D eigenvalue weighted by atomic mass is 10.1. The van der Waals surface area contributed by atoms with Crippen molar-refractivity contribution in [1.29, 1.82) is 0 Å². The van der Waals surface area contributed by atoms with Crippen LogP contribution in [0, 0.1) is 5.92 Å². The third-order valence-electron chi connectivity index (χ3n) is 5.66. The molecule has 2 atom stereocenters. The number of carbonyl (C=O) groups excluding carboxylic acids is 1. The largest absolute Gasteiger partial charge is 0.392 e. The van der Waals surface area contributed by atoms with E-state index in [1.165, 1.54) is 5.56 Å². The lowest BCUT2D eigenvalue weighted by Gasteiger charge is -2.18. The SMILES string of the molecule is CN(C)C(=O)CNC(=NCc1ccccc1CN1CCC(O)C1)NCC1CCOC1.I. The fourth-order valence-electron chi connectivity index (χ4n) is 3.70. The van der Waals surface area contributed by atoms with Gasteiger partial charge < -0.3 is 25.4 Å². The maximum atomic E-state index is 12.0. The summed E-state index contributed by atoms with van der Waals surface area (Å²) in [4.78, 5) is 20.6. The van der Waals surface area contributed by atoms with Crippen LogP contribution in [0.4, 0.5) is 0 Å². The van der Waals surface area contributed by atoms with Crippen molar-refractivity contribution >= 4 is 35.8 Å². The molecule has 3 N–H and O–H groups in total. The first-order valence-corrected chi connectivity index (χ1v) is 10.8. The van der Waals surface area contributed by atoms with Crippen molar-refractivity contribution < 1.29 is 14.6 Å². The zero-order valence-electron chi connectivity index (χ0n) is 18.5. The van der Waals surface area contributed by atoms with Crippen LogP contribution in [0.1, 0.15) is 24.0 Å². The molecule has 1 amide bonds. The van der Waals surface area contributed by atoms with Gasteiger partial charge in [0.15, 0.2) is 5.96 Å². The summed E-state index contributed by atoms with van der Waals surface area (Å²) >= 11 is 0. The molecule has 2 aliphatic rings. The lowest BCUT2D eigenvalue weighted by Crippen LogP contribution is -2.44. The Morgan fingerprint density at radius 3 is 2.68 bits per heavy atom. The van der Waals surface area contributed by atoms with Crippen LogP contribution >= 0.6 is 24.0 Å². The number of benzene rings is 1. The van der Waals surface area contributed by atoms with Gasteiger partial charge >= 0.3 is 0 Å². The van der Waals surface area contributed by atoms with Gasteiger partial charge in [-0.25, -0.2) is 4.99 Å². The molecule has 2 aliphatic heterocycles. The molecule has 2 fully saturated rings. The third kappa shape index (κ3) is 8.55. The Kier molecular flexibility index (Phi) is 11.0. The molecule has 9 heteroatoms. The van der Waals surface area contributed by atoms with Gasteiger partial charge in [0.05, 0.1) is 25.8 Å². The van der Waals surface area contributed by atoms with Gasteiger partial charge in [0.25, 0.3) is 0 Å². The number of aliphatic imine (C=N–C) groups is 1. The van der Waals surface area contributed by atoms with Gasteiger partial charge in [-0.15, -0.1) is 24.0 Å². The standard InChI is InChI=1S/C22H35N5O3.HI/c1-26(2)21(29)13-25-22(23-11-17-8-10-30-16-17)24-12-18-5-3-4-6-19(18)14-27-9-7-20(28)15-27;/h3-6,17,20,28H,7-16H2,1-2H3,(H2,23,24,25);1H. The topological polar surface area (TPSA) is 89.4 Å². The molecular formula is C22H36IN5O3.